The van der Waals surface area contributed by atoms with Gasteiger partial charge in [-0.1, -0.05) is 23.7 Å². The number of amides is 2. The largest absolute Gasteiger partial charge is 0.493 e. The van der Waals surface area contributed by atoms with Gasteiger partial charge in [0.1, 0.15) is 11.5 Å². The van der Waals surface area contributed by atoms with Crippen LogP contribution < -0.4 is 15.4 Å². The number of ether oxygens (including phenoxy) is 1. The SMILES string of the molecule is Cc1cc(CC2CCCC2NC(=O)CCc2ccc3c(c2)CN(C(C)C)CC(=O)NCCCCCO3)on1. The molecule has 1 aliphatic heterocycles. The molecule has 2 aliphatic rings. The third-order valence-corrected chi connectivity index (χ3v) is 7.76. The fraction of sp³-hybridized carbons (Fsp3) is 0.633. The van der Waals surface area contributed by atoms with Crippen molar-refractivity contribution < 1.29 is 18.8 Å². The Morgan fingerprint density at radius 2 is 2.03 bits per heavy atom. The van der Waals surface area contributed by atoms with Crippen molar-refractivity contribution in [2.75, 3.05) is 19.7 Å². The number of fused-ring (bicyclic) bond motifs is 1. The molecule has 208 valence electrons. The molecule has 2 heterocycles. The number of carbonyl (C=O) groups excluding carboxylic acids is 2. The van der Waals surface area contributed by atoms with Gasteiger partial charge in [0.15, 0.2) is 0 Å². The zero-order valence-corrected chi connectivity index (χ0v) is 23.3. The number of nitrogens with zero attached hydrogens (tertiary/aromatic N) is 2. The predicted molar refractivity (Wildman–Crippen MR) is 147 cm³/mol. The maximum atomic E-state index is 12.9. The molecule has 2 N–H and O–H groups in total. The molecular formula is C30H44N4O4. The van der Waals surface area contributed by atoms with Crippen LogP contribution in [0.3, 0.4) is 0 Å². The summed E-state index contributed by atoms with van der Waals surface area (Å²) in [6.45, 7) is 8.53. The van der Waals surface area contributed by atoms with E-state index >= 15 is 0 Å². The Balaban J connectivity index is 1.37. The van der Waals surface area contributed by atoms with E-state index < -0.39 is 0 Å². The molecule has 1 aliphatic carbocycles. The van der Waals surface area contributed by atoms with Gasteiger partial charge in [-0.15, -0.1) is 0 Å². The van der Waals surface area contributed by atoms with Gasteiger partial charge in [0, 0.05) is 49.6 Å². The first-order valence-corrected chi connectivity index (χ1v) is 14.3. The first kappa shape index (κ1) is 28.1. The number of aryl methyl sites for hydroxylation is 2. The standard InChI is InChI=1S/C30H44N4O4/c1-21(2)34-19-25-17-23(10-12-28(25)37-15-6-4-5-14-31-30(36)20-34)11-13-29(35)32-27-9-7-8-24(27)18-26-16-22(3)33-38-26/h10,12,16-17,21,24,27H,4-9,11,13-15,18-20H2,1-3H3,(H,31,36)(H,32,35). The van der Waals surface area contributed by atoms with Crippen molar-refractivity contribution in [3.05, 3.63) is 46.8 Å². The third-order valence-electron chi connectivity index (χ3n) is 7.76. The van der Waals surface area contributed by atoms with E-state index in [-0.39, 0.29) is 23.9 Å². The fourth-order valence-electron chi connectivity index (χ4n) is 5.53. The first-order chi connectivity index (χ1) is 18.4. The Morgan fingerprint density at radius 1 is 1.16 bits per heavy atom. The van der Waals surface area contributed by atoms with Crippen LogP contribution in [0.25, 0.3) is 0 Å². The second kappa shape index (κ2) is 13.8. The minimum absolute atomic E-state index is 0.0666. The third kappa shape index (κ3) is 8.32. The van der Waals surface area contributed by atoms with Gasteiger partial charge in [-0.25, -0.2) is 0 Å². The van der Waals surface area contributed by atoms with Gasteiger partial charge in [-0.3, -0.25) is 14.5 Å². The van der Waals surface area contributed by atoms with E-state index in [1.807, 2.05) is 19.1 Å². The quantitative estimate of drug-likeness (QED) is 0.560. The molecule has 4 rings (SSSR count). The van der Waals surface area contributed by atoms with Gasteiger partial charge in [0.05, 0.1) is 18.8 Å². The van der Waals surface area contributed by atoms with E-state index in [4.69, 9.17) is 9.26 Å². The zero-order valence-electron chi connectivity index (χ0n) is 23.3. The summed E-state index contributed by atoms with van der Waals surface area (Å²) in [6, 6.07) is 8.65. The molecule has 0 saturated heterocycles. The molecule has 2 aromatic rings. The summed E-state index contributed by atoms with van der Waals surface area (Å²) in [5, 5.41) is 10.3. The summed E-state index contributed by atoms with van der Waals surface area (Å²) < 4.78 is 11.6. The van der Waals surface area contributed by atoms with Gasteiger partial charge >= 0.3 is 0 Å². The molecule has 8 nitrogen and oxygen atoms in total. The lowest BCUT2D eigenvalue weighted by molar-refractivity contribution is -0.123. The van der Waals surface area contributed by atoms with Crippen molar-refractivity contribution in [2.24, 2.45) is 5.92 Å². The average molecular weight is 525 g/mol. The topological polar surface area (TPSA) is 96.7 Å². The second-order valence-electron chi connectivity index (χ2n) is 11.2. The van der Waals surface area contributed by atoms with Crippen molar-refractivity contribution >= 4 is 11.8 Å². The highest BCUT2D eigenvalue weighted by Gasteiger charge is 2.29. The van der Waals surface area contributed by atoms with Crippen LogP contribution in [-0.2, 0) is 29.0 Å². The Morgan fingerprint density at radius 3 is 2.82 bits per heavy atom. The molecule has 2 atom stereocenters. The highest BCUT2D eigenvalue weighted by Crippen LogP contribution is 2.29. The molecule has 8 heteroatoms. The Bertz CT molecular complexity index is 1070. The smallest absolute Gasteiger partial charge is 0.234 e. The summed E-state index contributed by atoms with van der Waals surface area (Å²) in [5.41, 5.74) is 3.08. The fourth-order valence-corrected chi connectivity index (χ4v) is 5.53. The highest BCUT2D eigenvalue weighted by atomic mass is 16.5. The molecule has 2 unspecified atom stereocenters. The average Bonchev–Trinajstić information content (AvgIpc) is 3.50. The number of nitrogens with one attached hydrogen (secondary N) is 2. The molecule has 0 spiro atoms. The minimum Gasteiger partial charge on any atom is -0.493 e. The molecule has 1 aromatic carbocycles. The van der Waals surface area contributed by atoms with Crippen LogP contribution >= 0.6 is 0 Å². The van der Waals surface area contributed by atoms with Gasteiger partial charge in [-0.05, 0) is 76.8 Å². The minimum atomic E-state index is 0.0666. The lowest BCUT2D eigenvalue weighted by Crippen LogP contribution is -2.40. The van der Waals surface area contributed by atoms with Crippen molar-refractivity contribution in [2.45, 2.75) is 97.2 Å². The Hall–Kier alpha value is -2.87. The molecule has 0 radical (unpaired) electrons. The van der Waals surface area contributed by atoms with E-state index in [9.17, 15) is 9.59 Å². The maximum Gasteiger partial charge on any atom is 0.234 e. The number of aromatic nitrogens is 1. The van der Waals surface area contributed by atoms with Crippen LogP contribution in [0.15, 0.2) is 28.8 Å². The van der Waals surface area contributed by atoms with Crippen LogP contribution in [0.5, 0.6) is 5.75 Å². The lowest BCUT2D eigenvalue weighted by atomic mass is 9.97. The Kier molecular flexibility index (Phi) is 10.2. The van der Waals surface area contributed by atoms with E-state index in [1.54, 1.807) is 0 Å². The molecular weight excluding hydrogens is 480 g/mol. The number of rotatable bonds is 7. The summed E-state index contributed by atoms with van der Waals surface area (Å²) >= 11 is 0. The monoisotopic (exact) mass is 524 g/mol. The van der Waals surface area contributed by atoms with Crippen LogP contribution in [0, 0.1) is 12.8 Å². The first-order valence-electron chi connectivity index (χ1n) is 14.3. The van der Waals surface area contributed by atoms with Crippen molar-refractivity contribution in [1.82, 2.24) is 20.7 Å². The van der Waals surface area contributed by atoms with Crippen LogP contribution in [0.4, 0.5) is 0 Å². The number of benzene rings is 1. The lowest BCUT2D eigenvalue weighted by Gasteiger charge is -2.27. The van der Waals surface area contributed by atoms with Crippen LogP contribution in [-0.4, -0.2) is 53.7 Å². The van der Waals surface area contributed by atoms with Crippen molar-refractivity contribution in [3.63, 3.8) is 0 Å². The number of carbonyl (C=O) groups is 2. The van der Waals surface area contributed by atoms with Crippen molar-refractivity contribution in [1.29, 1.82) is 0 Å². The number of hydrogen-bond acceptors (Lipinski definition) is 6. The molecule has 1 saturated carbocycles. The van der Waals surface area contributed by atoms with Crippen LogP contribution in [0.2, 0.25) is 0 Å². The summed E-state index contributed by atoms with van der Waals surface area (Å²) in [4.78, 5) is 27.6. The molecule has 1 aromatic heterocycles. The van der Waals surface area contributed by atoms with Gasteiger partial charge in [0.25, 0.3) is 0 Å². The molecule has 2 amide bonds. The Labute approximate surface area is 226 Å². The predicted octanol–water partition coefficient (Wildman–Crippen LogP) is 4.33. The van der Waals surface area contributed by atoms with E-state index in [2.05, 4.69) is 46.7 Å². The van der Waals surface area contributed by atoms with Gasteiger partial charge in [-0.2, -0.15) is 0 Å². The van der Waals surface area contributed by atoms with Crippen LogP contribution in [0.1, 0.15) is 81.4 Å². The summed E-state index contributed by atoms with van der Waals surface area (Å²) in [7, 11) is 0. The highest BCUT2D eigenvalue weighted by molar-refractivity contribution is 5.78. The zero-order chi connectivity index (χ0) is 26.9. The van der Waals surface area contributed by atoms with Gasteiger partial charge < -0.3 is 19.9 Å². The molecule has 38 heavy (non-hydrogen) atoms. The van der Waals surface area contributed by atoms with Gasteiger partial charge in [0.2, 0.25) is 11.8 Å². The van der Waals surface area contributed by atoms with Crippen molar-refractivity contribution in [3.8, 4) is 5.75 Å². The van der Waals surface area contributed by atoms with E-state index in [0.29, 0.717) is 45.0 Å². The summed E-state index contributed by atoms with van der Waals surface area (Å²) in [5.74, 6) is 2.33. The molecule has 1 fully saturated rings. The van der Waals surface area contributed by atoms with E-state index in [1.165, 1.54) is 0 Å². The molecule has 0 bridgehead atoms. The summed E-state index contributed by atoms with van der Waals surface area (Å²) in [6.07, 6.45) is 8.11. The normalized spacial score (nSPS) is 21.5. The maximum absolute atomic E-state index is 12.9. The second-order valence-corrected chi connectivity index (χ2v) is 11.2. The van der Waals surface area contributed by atoms with E-state index in [0.717, 1.165) is 73.3 Å². The number of hydrogen-bond donors (Lipinski definition) is 2.